The molecule has 0 radical (unpaired) electrons. The molecule has 0 bridgehead atoms. The van der Waals surface area contributed by atoms with E-state index in [4.69, 9.17) is 35.2 Å². The maximum Gasteiger partial charge on any atom is 0.339 e. The van der Waals surface area contributed by atoms with E-state index in [-0.39, 0.29) is 30.3 Å². The first-order valence-corrected chi connectivity index (χ1v) is 11.9. The number of esters is 1. The molecule has 4 N–H and O–H groups in total. The van der Waals surface area contributed by atoms with Gasteiger partial charge < -0.3 is 35.2 Å². The summed E-state index contributed by atoms with van der Waals surface area (Å²) in [5.41, 5.74) is 12.2. The lowest BCUT2D eigenvalue weighted by Gasteiger charge is -2.60. The van der Waals surface area contributed by atoms with Gasteiger partial charge in [0.1, 0.15) is 0 Å². The predicted molar refractivity (Wildman–Crippen MR) is 118 cm³/mol. The summed E-state index contributed by atoms with van der Waals surface area (Å²) in [5.74, 6) is -0.442. The monoisotopic (exact) mass is 456 g/mol. The second kappa shape index (κ2) is 7.86. The molecule has 178 valence electrons. The van der Waals surface area contributed by atoms with Gasteiger partial charge in [-0.15, -0.1) is 0 Å². The third-order valence-corrected chi connectivity index (χ3v) is 7.90. The van der Waals surface area contributed by atoms with Gasteiger partial charge in [0.25, 0.3) is 0 Å². The summed E-state index contributed by atoms with van der Waals surface area (Å²) in [7, 11) is 0. The molecular weight excluding hydrogens is 424 g/mol. The van der Waals surface area contributed by atoms with Crippen molar-refractivity contribution in [1.82, 2.24) is 0 Å². The highest BCUT2D eigenvalue weighted by Crippen LogP contribution is 2.53. The van der Waals surface area contributed by atoms with Gasteiger partial charge >= 0.3 is 5.97 Å². The van der Waals surface area contributed by atoms with Crippen molar-refractivity contribution >= 4 is 5.97 Å². The summed E-state index contributed by atoms with van der Waals surface area (Å²) in [4.78, 5) is 13.4. The van der Waals surface area contributed by atoms with E-state index in [1.54, 1.807) is 12.1 Å². The number of carbonyl (C=O) groups is 1. The Labute approximate surface area is 193 Å². The van der Waals surface area contributed by atoms with Crippen molar-refractivity contribution in [2.75, 3.05) is 26.4 Å². The summed E-state index contributed by atoms with van der Waals surface area (Å²) in [6.07, 6.45) is 6.65. The van der Waals surface area contributed by atoms with Gasteiger partial charge in [-0.05, 0) is 43.4 Å². The third kappa shape index (κ3) is 4.13. The predicted octanol–water partition coefficient (Wildman–Crippen LogP) is 1.32. The van der Waals surface area contributed by atoms with Crippen molar-refractivity contribution in [3.05, 3.63) is 48.0 Å². The maximum absolute atomic E-state index is 13.4. The van der Waals surface area contributed by atoms with Crippen LogP contribution in [0.15, 0.2) is 42.5 Å². The standard InChI is InChI=1S/C25H32N2O6/c26-24(10-20-14-31-20)17(8-18-12-29-18)6-7-23(9-19-13-30-19,25(24,27)11-21-15-32-21)33-22(28)16-4-2-1-3-5-16/h1-7,17-21H,8-15,26-27H2. The van der Waals surface area contributed by atoms with E-state index in [2.05, 4.69) is 6.08 Å². The van der Waals surface area contributed by atoms with E-state index in [0.29, 0.717) is 44.6 Å². The Bertz CT molecular complexity index is 926. The molecule has 1 aromatic carbocycles. The largest absolute Gasteiger partial charge is 0.449 e. The topological polar surface area (TPSA) is 128 Å². The highest BCUT2D eigenvalue weighted by Gasteiger charge is 2.68. The van der Waals surface area contributed by atoms with Crippen molar-refractivity contribution < 1.29 is 28.5 Å². The Hall–Kier alpha value is -1.81. The number of hydrogen-bond donors (Lipinski definition) is 2. The molecule has 0 saturated carbocycles. The molecule has 0 amide bonds. The minimum atomic E-state index is -1.13. The minimum absolute atomic E-state index is 0.00250. The Morgan fingerprint density at radius 2 is 1.45 bits per heavy atom. The van der Waals surface area contributed by atoms with Gasteiger partial charge in [0, 0.05) is 12.0 Å². The highest BCUT2D eigenvalue weighted by atomic mass is 16.6. The van der Waals surface area contributed by atoms with Crippen LogP contribution in [0.4, 0.5) is 0 Å². The van der Waals surface area contributed by atoms with Crippen LogP contribution in [0, 0.1) is 5.92 Å². The molecule has 4 heterocycles. The van der Waals surface area contributed by atoms with Crippen LogP contribution in [0.3, 0.4) is 0 Å². The van der Waals surface area contributed by atoms with Gasteiger partial charge in [-0.3, -0.25) is 0 Å². The molecular formula is C25H32N2O6. The van der Waals surface area contributed by atoms with Crippen molar-refractivity contribution in [3.63, 3.8) is 0 Å². The quantitative estimate of drug-likeness (QED) is 0.306. The molecule has 4 saturated heterocycles. The molecule has 8 atom stereocenters. The van der Waals surface area contributed by atoms with E-state index in [0.717, 1.165) is 13.0 Å². The minimum Gasteiger partial charge on any atom is -0.449 e. The van der Waals surface area contributed by atoms with Crippen LogP contribution in [0.1, 0.15) is 36.0 Å². The van der Waals surface area contributed by atoms with Gasteiger partial charge in [-0.2, -0.15) is 0 Å². The lowest BCUT2D eigenvalue weighted by molar-refractivity contribution is -0.0897. The molecule has 1 aromatic rings. The van der Waals surface area contributed by atoms with Crippen LogP contribution in [0.2, 0.25) is 0 Å². The third-order valence-electron chi connectivity index (χ3n) is 7.90. The molecule has 0 spiro atoms. The van der Waals surface area contributed by atoms with Gasteiger partial charge in [0.2, 0.25) is 0 Å². The first-order chi connectivity index (χ1) is 15.9. The second-order valence-corrected chi connectivity index (χ2v) is 10.3. The number of hydrogen-bond acceptors (Lipinski definition) is 8. The average Bonchev–Trinajstić information content (AvgIpc) is 3.61. The molecule has 1 aliphatic carbocycles. The molecule has 8 nitrogen and oxygen atoms in total. The van der Waals surface area contributed by atoms with E-state index < -0.39 is 22.6 Å². The Kier molecular flexibility index (Phi) is 5.17. The Morgan fingerprint density at radius 1 is 0.879 bits per heavy atom. The van der Waals surface area contributed by atoms with Gasteiger partial charge in [0.15, 0.2) is 5.60 Å². The molecule has 6 rings (SSSR count). The number of rotatable bonds is 10. The molecule has 4 aliphatic heterocycles. The Morgan fingerprint density at radius 3 is 2.06 bits per heavy atom. The summed E-state index contributed by atoms with van der Waals surface area (Å²) in [6.45, 7) is 2.68. The summed E-state index contributed by atoms with van der Waals surface area (Å²) in [6, 6.07) is 9.01. The van der Waals surface area contributed by atoms with Crippen LogP contribution >= 0.6 is 0 Å². The molecule has 0 aromatic heterocycles. The lowest BCUT2D eigenvalue weighted by atomic mass is 9.53. The molecule has 4 fully saturated rings. The average molecular weight is 457 g/mol. The molecule has 33 heavy (non-hydrogen) atoms. The van der Waals surface area contributed by atoms with Gasteiger partial charge in [0.05, 0.1) is 61.9 Å². The summed E-state index contributed by atoms with van der Waals surface area (Å²) < 4.78 is 28.8. The fourth-order valence-corrected chi connectivity index (χ4v) is 5.64. The number of carbonyl (C=O) groups excluding carboxylic acids is 1. The molecule has 8 heteroatoms. The van der Waals surface area contributed by atoms with Gasteiger partial charge in [-0.1, -0.05) is 24.3 Å². The first kappa shape index (κ1) is 21.7. The SMILES string of the molecule is NC1(CC2CO2)C(CC2CO2)C=CC(CC2CO2)(OC(=O)c2ccccc2)C1(N)CC1CO1. The van der Waals surface area contributed by atoms with E-state index in [9.17, 15) is 4.79 Å². The smallest absolute Gasteiger partial charge is 0.339 e. The van der Waals surface area contributed by atoms with Crippen LogP contribution in [0.25, 0.3) is 0 Å². The van der Waals surface area contributed by atoms with Crippen LogP contribution in [-0.2, 0) is 23.7 Å². The number of ether oxygens (including phenoxy) is 5. The van der Waals surface area contributed by atoms with E-state index >= 15 is 0 Å². The normalized spacial score (nSPS) is 44.8. The van der Waals surface area contributed by atoms with Crippen molar-refractivity contribution in [2.45, 2.75) is 66.8 Å². The first-order valence-electron chi connectivity index (χ1n) is 11.9. The second-order valence-electron chi connectivity index (χ2n) is 10.3. The zero-order chi connectivity index (χ0) is 22.7. The van der Waals surface area contributed by atoms with E-state index in [1.165, 1.54) is 0 Å². The highest BCUT2D eigenvalue weighted by molar-refractivity contribution is 5.90. The number of epoxide rings is 4. The maximum atomic E-state index is 13.4. The fourth-order valence-electron chi connectivity index (χ4n) is 5.64. The zero-order valence-electron chi connectivity index (χ0n) is 18.7. The van der Waals surface area contributed by atoms with Gasteiger partial charge in [-0.25, -0.2) is 4.79 Å². The fraction of sp³-hybridized carbons (Fsp3) is 0.640. The number of nitrogens with two attached hydrogens (primary N) is 2. The Balaban J connectivity index is 1.42. The summed E-state index contributed by atoms with van der Waals surface area (Å²) in [5, 5.41) is 0. The van der Waals surface area contributed by atoms with E-state index in [1.807, 2.05) is 24.3 Å². The van der Waals surface area contributed by atoms with Crippen LogP contribution in [-0.4, -0.2) is 73.5 Å². The van der Waals surface area contributed by atoms with Crippen molar-refractivity contribution in [1.29, 1.82) is 0 Å². The van der Waals surface area contributed by atoms with Crippen LogP contribution < -0.4 is 11.5 Å². The zero-order valence-corrected chi connectivity index (χ0v) is 18.7. The van der Waals surface area contributed by atoms with Crippen LogP contribution in [0.5, 0.6) is 0 Å². The lowest BCUT2D eigenvalue weighted by Crippen LogP contribution is -2.81. The van der Waals surface area contributed by atoms with Crippen molar-refractivity contribution in [3.8, 4) is 0 Å². The number of benzene rings is 1. The molecule has 8 unspecified atom stereocenters. The summed E-state index contributed by atoms with van der Waals surface area (Å²) >= 11 is 0. The molecule has 5 aliphatic rings. The van der Waals surface area contributed by atoms with Crippen molar-refractivity contribution in [2.24, 2.45) is 17.4 Å².